The average molecular weight is 371 g/mol. The van der Waals surface area contributed by atoms with Crippen LogP contribution in [-0.4, -0.2) is 6.61 Å². The van der Waals surface area contributed by atoms with Gasteiger partial charge < -0.3 is 4.74 Å². The lowest BCUT2D eigenvalue weighted by atomic mass is 10.3. The van der Waals surface area contributed by atoms with E-state index in [-0.39, 0.29) is 0 Å². The zero-order valence-corrected chi connectivity index (χ0v) is 11.4. The smallest absolute Gasteiger partial charge is 0.135 e. The SMILES string of the molecule is C=CCOc1ccc(Br)c(Br)c1Br. The van der Waals surface area contributed by atoms with Gasteiger partial charge >= 0.3 is 0 Å². The van der Waals surface area contributed by atoms with E-state index in [9.17, 15) is 0 Å². The Hall–Kier alpha value is 0.200. The van der Waals surface area contributed by atoms with Gasteiger partial charge in [0.2, 0.25) is 0 Å². The second-order valence-corrected chi connectivity index (χ2v) is 4.71. The molecule has 1 rings (SSSR count). The van der Waals surface area contributed by atoms with Gasteiger partial charge in [0.15, 0.2) is 0 Å². The van der Waals surface area contributed by atoms with Crippen molar-refractivity contribution in [2.24, 2.45) is 0 Å². The van der Waals surface area contributed by atoms with Crippen molar-refractivity contribution in [1.82, 2.24) is 0 Å². The van der Waals surface area contributed by atoms with Gasteiger partial charge in [-0.05, 0) is 59.9 Å². The summed E-state index contributed by atoms with van der Waals surface area (Å²) in [5.74, 6) is 0.801. The highest BCUT2D eigenvalue weighted by atomic mass is 79.9. The molecule has 1 nitrogen and oxygen atoms in total. The van der Waals surface area contributed by atoms with Gasteiger partial charge in [0, 0.05) is 8.95 Å². The molecule has 1 aromatic carbocycles. The highest BCUT2D eigenvalue weighted by Gasteiger charge is 2.07. The zero-order chi connectivity index (χ0) is 9.84. The summed E-state index contributed by atoms with van der Waals surface area (Å²) >= 11 is 10.2. The Balaban J connectivity index is 2.96. The standard InChI is InChI=1S/C9H7Br3O/c1-2-5-13-7-4-3-6(10)8(11)9(7)12/h2-4H,1,5H2. The maximum absolute atomic E-state index is 5.41. The fourth-order valence-corrected chi connectivity index (χ4v) is 2.15. The van der Waals surface area contributed by atoms with E-state index in [1.165, 1.54) is 0 Å². The summed E-state index contributed by atoms with van der Waals surface area (Å²) in [4.78, 5) is 0. The first-order valence-electron chi connectivity index (χ1n) is 3.54. The van der Waals surface area contributed by atoms with Crippen molar-refractivity contribution < 1.29 is 4.74 Å². The molecule has 0 aromatic heterocycles. The Kier molecular flexibility index (Phi) is 4.49. The molecule has 0 spiro atoms. The Morgan fingerprint density at radius 3 is 2.54 bits per heavy atom. The number of benzene rings is 1. The molecule has 0 aliphatic heterocycles. The van der Waals surface area contributed by atoms with E-state index in [1.54, 1.807) is 6.08 Å². The van der Waals surface area contributed by atoms with Crippen LogP contribution in [0, 0.1) is 0 Å². The minimum atomic E-state index is 0.507. The predicted octanol–water partition coefficient (Wildman–Crippen LogP) is 4.54. The second kappa shape index (κ2) is 5.17. The lowest BCUT2D eigenvalue weighted by molar-refractivity contribution is 0.360. The van der Waals surface area contributed by atoms with E-state index >= 15 is 0 Å². The van der Waals surface area contributed by atoms with E-state index < -0.39 is 0 Å². The molecule has 0 unspecified atom stereocenters. The fraction of sp³-hybridized carbons (Fsp3) is 0.111. The molecule has 0 fully saturated rings. The molecule has 0 aliphatic carbocycles. The van der Waals surface area contributed by atoms with Gasteiger partial charge in [-0.15, -0.1) is 0 Å². The minimum Gasteiger partial charge on any atom is -0.488 e. The Morgan fingerprint density at radius 2 is 1.92 bits per heavy atom. The van der Waals surface area contributed by atoms with Gasteiger partial charge in [-0.1, -0.05) is 12.7 Å². The fourth-order valence-electron chi connectivity index (χ4n) is 0.768. The normalized spacial score (nSPS) is 9.77. The first kappa shape index (κ1) is 11.3. The van der Waals surface area contributed by atoms with Gasteiger partial charge in [-0.25, -0.2) is 0 Å². The topological polar surface area (TPSA) is 9.23 Å². The molecule has 0 bridgehead atoms. The Labute approximate surface area is 103 Å². The number of hydrogen-bond donors (Lipinski definition) is 0. The molecule has 0 saturated carbocycles. The Bertz CT molecular complexity index is 323. The van der Waals surface area contributed by atoms with Gasteiger partial charge in [0.1, 0.15) is 12.4 Å². The lowest BCUT2D eigenvalue weighted by Crippen LogP contribution is -1.93. The molecular formula is C9H7Br3O. The van der Waals surface area contributed by atoms with E-state index in [0.29, 0.717) is 6.61 Å². The number of halogens is 3. The summed E-state index contributed by atoms with van der Waals surface area (Å²) in [5.41, 5.74) is 0. The highest BCUT2D eigenvalue weighted by molar-refractivity contribution is 9.14. The number of hydrogen-bond acceptors (Lipinski definition) is 1. The molecular weight excluding hydrogens is 364 g/mol. The van der Waals surface area contributed by atoms with Crippen molar-refractivity contribution >= 4 is 47.8 Å². The molecule has 70 valence electrons. The van der Waals surface area contributed by atoms with Crippen molar-refractivity contribution in [3.63, 3.8) is 0 Å². The summed E-state index contributed by atoms with van der Waals surface area (Å²) in [6, 6.07) is 3.82. The van der Waals surface area contributed by atoms with Crippen LogP contribution in [0.2, 0.25) is 0 Å². The van der Waals surface area contributed by atoms with Gasteiger partial charge in [-0.2, -0.15) is 0 Å². The van der Waals surface area contributed by atoms with Crippen LogP contribution in [0.1, 0.15) is 0 Å². The highest BCUT2D eigenvalue weighted by Crippen LogP contribution is 2.37. The van der Waals surface area contributed by atoms with Crippen LogP contribution in [0.25, 0.3) is 0 Å². The first-order chi connectivity index (χ1) is 6.16. The molecule has 0 amide bonds. The predicted molar refractivity (Wildman–Crippen MR) is 65.2 cm³/mol. The van der Waals surface area contributed by atoms with Gasteiger partial charge in [0.25, 0.3) is 0 Å². The second-order valence-electron chi connectivity index (χ2n) is 2.27. The van der Waals surface area contributed by atoms with Crippen LogP contribution in [0.5, 0.6) is 5.75 Å². The third-order valence-electron chi connectivity index (χ3n) is 1.36. The maximum atomic E-state index is 5.41. The van der Waals surface area contributed by atoms with E-state index in [1.807, 2.05) is 12.1 Å². The van der Waals surface area contributed by atoms with Crippen LogP contribution >= 0.6 is 47.8 Å². The van der Waals surface area contributed by atoms with Crippen molar-refractivity contribution in [3.05, 3.63) is 38.2 Å². The summed E-state index contributed by atoms with van der Waals surface area (Å²) in [5, 5.41) is 0. The van der Waals surface area contributed by atoms with Crippen LogP contribution in [0.4, 0.5) is 0 Å². The Morgan fingerprint density at radius 1 is 1.23 bits per heavy atom. The van der Waals surface area contributed by atoms with Gasteiger partial charge in [-0.3, -0.25) is 0 Å². The van der Waals surface area contributed by atoms with Crippen LogP contribution in [-0.2, 0) is 0 Å². The van der Waals surface area contributed by atoms with E-state index in [0.717, 1.165) is 19.2 Å². The van der Waals surface area contributed by atoms with Crippen molar-refractivity contribution in [2.75, 3.05) is 6.61 Å². The van der Waals surface area contributed by atoms with Crippen LogP contribution in [0.15, 0.2) is 38.2 Å². The third kappa shape index (κ3) is 2.82. The molecule has 1 aromatic rings. The molecule has 0 saturated heterocycles. The lowest BCUT2D eigenvalue weighted by Gasteiger charge is -2.07. The van der Waals surface area contributed by atoms with Crippen molar-refractivity contribution in [2.45, 2.75) is 0 Å². The summed E-state index contributed by atoms with van der Waals surface area (Å²) in [7, 11) is 0. The number of ether oxygens (including phenoxy) is 1. The average Bonchev–Trinajstić information content (AvgIpc) is 2.13. The molecule has 0 aliphatic rings. The number of rotatable bonds is 3. The monoisotopic (exact) mass is 368 g/mol. The summed E-state index contributed by atoms with van der Waals surface area (Å²) < 4.78 is 8.26. The van der Waals surface area contributed by atoms with E-state index in [2.05, 4.69) is 54.4 Å². The molecule has 4 heteroatoms. The summed E-state index contributed by atoms with van der Waals surface area (Å²) in [6.07, 6.45) is 1.71. The van der Waals surface area contributed by atoms with E-state index in [4.69, 9.17) is 4.74 Å². The minimum absolute atomic E-state index is 0.507. The van der Waals surface area contributed by atoms with Crippen molar-refractivity contribution in [1.29, 1.82) is 0 Å². The van der Waals surface area contributed by atoms with Crippen molar-refractivity contribution in [3.8, 4) is 5.75 Å². The largest absolute Gasteiger partial charge is 0.488 e. The molecule has 13 heavy (non-hydrogen) atoms. The molecule has 0 N–H and O–H groups in total. The third-order valence-corrected chi connectivity index (χ3v) is 4.69. The van der Waals surface area contributed by atoms with Crippen LogP contribution < -0.4 is 4.74 Å². The molecule has 0 heterocycles. The summed E-state index contributed by atoms with van der Waals surface area (Å²) in [6.45, 7) is 4.09. The quantitative estimate of drug-likeness (QED) is 0.560. The maximum Gasteiger partial charge on any atom is 0.135 e. The van der Waals surface area contributed by atoms with Crippen LogP contribution in [0.3, 0.4) is 0 Å². The molecule has 0 radical (unpaired) electrons. The van der Waals surface area contributed by atoms with Gasteiger partial charge in [0.05, 0.1) is 4.47 Å². The zero-order valence-electron chi connectivity index (χ0n) is 6.69. The first-order valence-corrected chi connectivity index (χ1v) is 5.92. The molecule has 0 atom stereocenters.